The molecule has 0 aliphatic rings. The van der Waals surface area contributed by atoms with Crippen molar-refractivity contribution in [2.24, 2.45) is 0 Å². The molecule has 0 aliphatic heterocycles. The number of aromatic carboxylic acids is 1. The molecule has 0 bridgehead atoms. The molecule has 1 aromatic heterocycles. The van der Waals surface area contributed by atoms with Gasteiger partial charge in [0.2, 0.25) is 5.43 Å². The number of carbonyl (C=O) groups excluding carboxylic acids is 2. The summed E-state index contributed by atoms with van der Waals surface area (Å²) in [6, 6.07) is 7.90. The Morgan fingerprint density at radius 1 is 0.844 bits per heavy atom. The Labute approximate surface area is 250 Å². The number of carboxylic acid groups (broad SMARTS) is 1. The molecule has 3 rings (SSSR count). The van der Waals surface area contributed by atoms with Gasteiger partial charge in [-0.1, -0.05) is 0 Å². The lowest BCUT2D eigenvalue weighted by Crippen LogP contribution is -2.22. The highest BCUT2D eigenvalue weighted by molar-refractivity contribution is 6.15. The molecular formula is C28H26F6N2O9. The number of aromatic nitrogens is 1. The first-order valence-electron chi connectivity index (χ1n) is 12.7. The van der Waals surface area contributed by atoms with E-state index in [-0.39, 0.29) is 41.1 Å². The van der Waals surface area contributed by atoms with Crippen molar-refractivity contribution in [3.8, 4) is 11.5 Å². The Balaban J connectivity index is 0.000000320. The van der Waals surface area contributed by atoms with E-state index in [0.29, 0.717) is 5.69 Å². The van der Waals surface area contributed by atoms with Crippen LogP contribution in [0.3, 0.4) is 0 Å². The molecule has 2 aromatic carbocycles. The van der Waals surface area contributed by atoms with E-state index < -0.39 is 53.1 Å². The number of hydrogen-bond donors (Lipinski definition) is 3. The predicted molar refractivity (Wildman–Crippen MR) is 146 cm³/mol. The lowest BCUT2D eigenvalue weighted by molar-refractivity contribution is -0.275. The summed E-state index contributed by atoms with van der Waals surface area (Å²) in [7, 11) is 0. The van der Waals surface area contributed by atoms with Crippen LogP contribution in [0.15, 0.2) is 58.5 Å². The topological polar surface area (TPSA) is 153 Å². The molecule has 45 heavy (non-hydrogen) atoms. The maximum absolute atomic E-state index is 12.1. The van der Waals surface area contributed by atoms with Crippen LogP contribution in [0.2, 0.25) is 0 Å². The van der Waals surface area contributed by atoms with Crippen molar-refractivity contribution >= 4 is 34.5 Å². The van der Waals surface area contributed by atoms with Gasteiger partial charge in [-0.3, -0.25) is 4.79 Å². The van der Waals surface area contributed by atoms with E-state index in [1.807, 2.05) is 0 Å². The summed E-state index contributed by atoms with van der Waals surface area (Å²) < 4.78 is 89.8. The van der Waals surface area contributed by atoms with E-state index in [9.17, 15) is 45.5 Å². The highest BCUT2D eigenvalue weighted by Crippen LogP contribution is 2.26. The van der Waals surface area contributed by atoms with Crippen molar-refractivity contribution in [3.05, 3.63) is 75.2 Å². The number of carboxylic acids is 1. The zero-order valence-corrected chi connectivity index (χ0v) is 23.9. The van der Waals surface area contributed by atoms with Crippen LogP contribution in [0, 0.1) is 6.92 Å². The number of rotatable bonds is 9. The first-order chi connectivity index (χ1) is 20.9. The molecule has 0 amide bonds. The molecule has 1 heterocycles. The van der Waals surface area contributed by atoms with Gasteiger partial charge in [0.1, 0.15) is 17.1 Å². The van der Waals surface area contributed by atoms with Gasteiger partial charge in [-0.25, -0.2) is 14.4 Å². The minimum Gasteiger partial charge on any atom is -0.477 e. The molecule has 0 spiro atoms. The second-order valence-electron chi connectivity index (χ2n) is 8.65. The molecule has 0 radical (unpaired) electrons. The summed E-state index contributed by atoms with van der Waals surface area (Å²) in [5.74, 6) is -4.15. The maximum atomic E-state index is 12.1. The number of H-pyrrole nitrogens is 1. The van der Waals surface area contributed by atoms with Crippen LogP contribution in [0.4, 0.5) is 32.0 Å². The molecule has 17 heteroatoms. The summed E-state index contributed by atoms with van der Waals surface area (Å²) in [5.41, 5.74) is -0.858. The van der Waals surface area contributed by atoms with Crippen LogP contribution in [-0.4, -0.2) is 53.9 Å². The minimum absolute atomic E-state index is 0.0680. The number of ether oxygens (including phenoxy) is 4. The van der Waals surface area contributed by atoms with Crippen molar-refractivity contribution in [1.29, 1.82) is 0 Å². The van der Waals surface area contributed by atoms with Gasteiger partial charge in [-0.15, -0.1) is 26.3 Å². The van der Waals surface area contributed by atoms with Crippen molar-refractivity contribution in [3.63, 3.8) is 0 Å². The molecule has 0 unspecified atom stereocenters. The molecule has 0 aliphatic carbocycles. The van der Waals surface area contributed by atoms with Crippen LogP contribution >= 0.6 is 0 Å². The predicted octanol–water partition coefficient (Wildman–Crippen LogP) is 5.83. The number of hydrogen-bond acceptors (Lipinski definition) is 9. The number of nitrogens with one attached hydrogen (secondary N) is 2. The minimum atomic E-state index is -4.89. The fourth-order valence-electron chi connectivity index (χ4n) is 3.66. The number of alkyl halides is 6. The van der Waals surface area contributed by atoms with E-state index in [0.717, 1.165) is 24.3 Å². The highest BCUT2D eigenvalue weighted by Gasteiger charge is 2.32. The smallest absolute Gasteiger partial charge is 0.477 e. The number of aryl methyl sites for hydroxylation is 1. The van der Waals surface area contributed by atoms with E-state index in [4.69, 9.17) is 14.6 Å². The monoisotopic (exact) mass is 648 g/mol. The molecule has 244 valence electrons. The van der Waals surface area contributed by atoms with Gasteiger partial charge in [0.15, 0.2) is 5.57 Å². The van der Waals surface area contributed by atoms with Crippen molar-refractivity contribution in [2.75, 3.05) is 18.5 Å². The zero-order valence-electron chi connectivity index (χ0n) is 23.9. The van der Waals surface area contributed by atoms with Crippen molar-refractivity contribution < 1.29 is 64.8 Å². The Bertz CT molecular complexity index is 1610. The van der Waals surface area contributed by atoms with Crippen LogP contribution < -0.4 is 20.2 Å². The van der Waals surface area contributed by atoms with Gasteiger partial charge in [0.05, 0.1) is 18.6 Å². The second kappa shape index (κ2) is 15.0. The number of pyridine rings is 1. The van der Waals surface area contributed by atoms with Gasteiger partial charge < -0.3 is 34.4 Å². The van der Waals surface area contributed by atoms with Crippen LogP contribution in [0.5, 0.6) is 11.5 Å². The maximum Gasteiger partial charge on any atom is 0.573 e. The van der Waals surface area contributed by atoms with Gasteiger partial charge in [0, 0.05) is 22.6 Å². The Morgan fingerprint density at radius 2 is 1.33 bits per heavy atom. The molecule has 0 atom stereocenters. The zero-order chi connectivity index (χ0) is 34.1. The van der Waals surface area contributed by atoms with Crippen molar-refractivity contribution in [1.82, 2.24) is 4.98 Å². The molecule has 3 N–H and O–H groups in total. The first-order valence-corrected chi connectivity index (χ1v) is 12.7. The average molecular weight is 649 g/mol. The number of carbonyl (C=O) groups is 3. The average Bonchev–Trinajstić information content (AvgIpc) is 2.89. The van der Waals surface area contributed by atoms with E-state index in [1.54, 1.807) is 13.8 Å². The highest BCUT2D eigenvalue weighted by atomic mass is 19.4. The first kappa shape index (κ1) is 36.0. The van der Waals surface area contributed by atoms with Crippen LogP contribution in [0.1, 0.15) is 36.8 Å². The third-order valence-corrected chi connectivity index (χ3v) is 5.36. The number of halogens is 6. The molecule has 11 nitrogen and oxygen atoms in total. The van der Waals surface area contributed by atoms with Gasteiger partial charge >= 0.3 is 30.6 Å². The number of fused-ring (bicyclic) bond motifs is 1. The number of aromatic amines is 1. The lowest BCUT2D eigenvalue weighted by Gasteiger charge is -2.13. The molecule has 0 saturated carbocycles. The lowest BCUT2D eigenvalue weighted by atomic mass is 10.1. The Morgan fingerprint density at radius 3 is 1.80 bits per heavy atom. The van der Waals surface area contributed by atoms with Gasteiger partial charge in [0.25, 0.3) is 0 Å². The largest absolute Gasteiger partial charge is 0.573 e. The van der Waals surface area contributed by atoms with E-state index in [2.05, 4.69) is 19.8 Å². The quantitative estimate of drug-likeness (QED) is 0.0849. The fraction of sp³-hybridized carbons (Fsp3) is 0.286. The fourth-order valence-corrected chi connectivity index (χ4v) is 3.66. The summed E-state index contributed by atoms with van der Waals surface area (Å²) in [4.78, 5) is 49.5. The van der Waals surface area contributed by atoms with E-state index >= 15 is 0 Å². The summed E-state index contributed by atoms with van der Waals surface area (Å²) >= 11 is 0. The molecule has 0 saturated heterocycles. The van der Waals surface area contributed by atoms with Crippen LogP contribution in [0.25, 0.3) is 10.9 Å². The number of anilines is 1. The summed E-state index contributed by atoms with van der Waals surface area (Å²) in [6.45, 7) is 6.15. The number of esters is 2. The second-order valence-corrected chi connectivity index (χ2v) is 8.65. The van der Waals surface area contributed by atoms with Crippen molar-refractivity contribution in [2.45, 2.75) is 40.4 Å². The SMILES string of the molecule is CCOC(=O)C(C(=O)OCC)=C(C)Nc1ccc(OC(F)(F)F)cc1.Cc1[nH]c2ccc(OC(F)(F)F)cc2c(=O)c1C(=O)O. The molecule has 3 aromatic rings. The van der Waals surface area contributed by atoms with Gasteiger partial charge in [-0.2, -0.15) is 0 Å². The number of benzene rings is 2. The molecular weight excluding hydrogens is 622 g/mol. The number of allylic oxidation sites excluding steroid dienone is 1. The van der Waals surface area contributed by atoms with E-state index in [1.165, 1.54) is 32.0 Å². The summed E-state index contributed by atoms with van der Waals surface area (Å²) in [6.07, 6.45) is -9.67. The third kappa shape index (κ3) is 10.8. The molecule has 0 fully saturated rings. The normalized spacial score (nSPS) is 11.1. The summed E-state index contributed by atoms with van der Waals surface area (Å²) in [5, 5.41) is 11.5. The third-order valence-electron chi connectivity index (χ3n) is 5.36. The Kier molecular flexibility index (Phi) is 12.0. The standard InChI is InChI=1S/C16H18F3NO5.C12H8F3NO4/c1-4-23-14(21)13(15(22)24-5-2)10(3)20-11-6-8-12(9-7-11)25-16(17,18)19;1-5-9(11(18)19)10(17)7-4-6(20-12(13,14)15)2-3-8(7)16-5/h6-9,20H,4-5H2,1-3H3;2-4H,1H3,(H,16,17)(H,18,19). The van der Waals surface area contributed by atoms with Crippen LogP contribution in [-0.2, 0) is 19.1 Å². The van der Waals surface area contributed by atoms with Gasteiger partial charge in [-0.05, 0) is 70.2 Å². The Hall–Kier alpha value is -5.22.